The van der Waals surface area contributed by atoms with Gasteiger partial charge >= 0.3 is 5.97 Å². The average Bonchev–Trinajstić information content (AvgIpc) is 3.06. The first-order valence-corrected chi connectivity index (χ1v) is 25.3. The second-order valence-electron chi connectivity index (χ2n) is 14.1. The summed E-state index contributed by atoms with van der Waals surface area (Å²) in [5.74, 6) is 3.46. The van der Waals surface area contributed by atoms with Gasteiger partial charge in [-0.25, -0.2) is 0 Å². The molecular formula is C40H81NO2S4. The highest BCUT2D eigenvalue weighted by atomic mass is 33.1. The molecule has 1 atom stereocenters. The molecule has 3 nitrogen and oxygen atoms in total. The molecule has 0 aliphatic heterocycles. The number of esters is 1. The Morgan fingerprint density at radius 3 is 1.26 bits per heavy atom. The second kappa shape index (κ2) is 41.3. The van der Waals surface area contributed by atoms with E-state index in [1.165, 1.54) is 191 Å². The third-order valence-corrected chi connectivity index (χ3v) is 14.6. The zero-order valence-electron chi connectivity index (χ0n) is 32.0. The van der Waals surface area contributed by atoms with Crippen LogP contribution in [0, 0.1) is 0 Å². The van der Waals surface area contributed by atoms with E-state index in [4.69, 9.17) is 4.74 Å². The minimum Gasteiger partial charge on any atom is -0.464 e. The van der Waals surface area contributed by atoms with Crippen LogP contribution in [-0.2, 0) is 9.53 Å². The van der Waals surface area contributed by atoms with E-state index in [-0.39, 0.29) is 5.97 Å². The van der Waals surface area contributed by atoms with Crippen molar-refractivity contribution >= 4 is 49.1 Å². The average molecular weight is 736 g/mol. The number of carbonyl (C=O) groups is 1. The van der Waals surface area contributed by atoms with Crippen molar-refractivity contribution in [2.45, 2.75) is 205 Å². The van der Waals surface area contributed by atoms with Gasteiger partial charge in [-0.1, -0.05) is 224 Å². The van der Waals surface area contributed by atoms with Gasteiger partial charge in [0.15, 0.2) is 0 Å². The molecule has 0 radical (unpaired) electrons. The summed E-state index contributed by atoms with van der Waals surface area (Å²) in [7, 11) is 12.0. The molecule has 47 heavy (non-hydrogen) atoms. The van der Waals surface area contributed by atoms with E-state index in [1.54, 1.807) is 0 Å². The SMILES string of the molecule is CCCCCCCCCCCCCCCCSSCC(COC(=O)CCN(C)C)SSCCCCCCCCCCCCCCCC. The van der Waals surface area contributed by atoms with Crippen LogP contribution in [0.15, 0.2) is 0 Å². The van der Waals surface area contributed by atoms with E-state index in [9.17, 15) is 4.79 Å². The van der Waals surface area contributed by atoms with Gasteiger partial charge in [-0.15, -0.1) is 0 Å². The fourth-order valence-electron chi connectivity index (χ4n) is 5.71. The Kier molecular flexibility index (Phi) is 42.0. The zero-order chi connectivity index (χ0) is 34.3. The molecule has 0 amide bonds. The van der Waals surface area contributed by atoms with Crippen molar-refractivity contribution in [2.75, 3.05) is 44.5 Å². The van der Waals surface area contributed by atoms with E-state index in [1.807, 2.05) is 62.2 Å². The Morgan fingerprint density at radius 2 is 0.872 bits per heavy atom. The van der Waals surface area contributed by atoms with E-state index in [0.717, 1.165) is 12.3 Å². The maximum atomic E-state index is 12.2. The van der Waals surface area contributed by atoms with Crippen molar-refractivity contribution in [3.05, 3.63) is 0 Å². The number of ether oxygens (including phenoxy) is 1. The van der Waals surface area contributed by atoms with Crippen LogP contribution in [0.2, 0.25) is 0 Å². The van der Waals surface area contributed by atoms with Gasteiger partial charge in [0.2, 0.25) is 0 Å². The summed E-state index contributed by atoms with van der Waals surface area (Å²) in [5, 5.41) is 0.379. The summed E-state index contributed by atoms with van der Waals surface area (Å²) < 4.78 is 5.70. The van der Waals surface area contributed by atoms with Crippen molar-refractivity contribution < 1.29 is 9.53 Å². The zero-order valence-corrected chi connectivity index (χ0v) is 35.3. The minimum atomic E-state index is -0.0543. The lowest BCUT2D eigenvalue weighted by Gasteiger charge is -2.16. The van der Waals surface area contributed by atoms with Crippen molar-refractivity contribution in [3.63, 3.8) is 0 Å². The Hall–Kier alpha value is 0.830. The molecule has 7 heteroatoms. The van der Waals surface area contributed by atoms with E-state index in [2.05, 4.69) is 13.8 Å². The Morgan fingerprint density at radius 1 is 0.511 bits per heavy atom. The van der Waals surface area contributed by atoms with Gasteiger partial charge in [-0.3, -0.25) is 4.79 Å². The standard InChI is InChI=1S/C40H81NO2S4/c1-5-7-9-11-13-15-17-19-21-23-25-27-29-31-35-44-46-38-39(37-43-40(42)33-34-41(3)4)47-45-36-32-30-28-26-24-22-20-18-16-14-12-10-8-6-2/h39H,5-38H2,1-4H3. The maximum Gasteiger partial charge on any atom is 0.307 e. The van der Waals surface area contributed by atoms with Gasteiger partial charge in [0.05, 0.1) is 11.7 Å². The van der Waals surface area contributed by atoms with Crippen LogP contribution in [0.5, 0.6) is 0 Å². The highest BCUT2D eigenvalue weighted by molar-refractivity contribution is 8.78. The predicted octanol–water partition coefficient (Wildman–Crippen LogP) is 14.6. The third kappa shape index (κ3) is 41.1. The van der Waals surface area contributed by atoms with Crippen molar-refractivity contribution in [1.82, 2.24) is 4.90 Å². The van der Waals surface area contributed by atoms with E-state index < -0.39 is 0 Å². The Bertz CT molecular complexity index is 611. The molecule has 0 aliphatic carbocycles. The minimum absolute atomic E-state index is 0.0543. The van der Waals surface area contributed by atoms with Gasteiger partial charge in [0.25, 0.3) is 0 Å². The largest absolute Gasteiger partial charge is 0.464 e. The lowest BCUT2D eigenvalue weighted by Crippen LogP contribution is -2.21. The van der Waals surface area contributed by atoms with Crippen LogP contribution < -0.4 is 0 Å². The summed E-state index contributed by atoms with van der Waals surface area (Å²) in [6.07, 6.45) is 40.1. The molecule has 0 saturated heterocycles. The first-order chi connectivity index (χ1) is 23.1. The van der Waals surface area contributed by atoms with Crippen molar-refractivity contribution in [2.24, 2.45) is 0 Å². The molecule has 0 spiro atoms. The molecule has 0 heterocycles. The Balaban J connectivity index is 3.83. The first-order valence-electron chi connectivity index (χ1n) is 20.4. The van der Waals surface area contributed by atoms with Crippen LogP contribution in [0.3, 0.4) is 0 Å². The lowest BCUT2D eigenvalue weighted by molar-refractivity contribution is -0.143. The molecule has 0 fully saturated rings. The lowest BCUT2D eigenvalue weighted by atomic mass is 10.0. The van der Waals surface area contributed by atoms with Crippen LogP contribution in [-0.4, -0.2) is 60.6 Å². The summed E-state index contributed by atoms with van der Waals surface area (Å²) in [6, 6.07) is 0. The van der Waals surface area contributed by atoms with Gasteiger partial charge in [0, 0.05) is 23.8 Å². The number of hydrogen-bond acceptors (Lipinski definition) is 7. The quantitative estimate of drug-likeness (QED) is 0.0352. The molecule has 0 saturated carbocycles. The van der Waals surface area contributed by atoms with Gasteiger partial charge in [-0.05, 0) is 26.9 Å². The molecule has 0 aliphatic rings. The van der Waals surface area contributed by atoms with Crippen molar-refractivity contribution in [1.29, 1.82) is 0 Å². The highest BCUT2D eigenvalue weighted by Crippen LogP contribution is 2.34. The molecule has 0 aromatic rings. The topological polar surface area (TPSA) is 29.5 Å². The maximum absolute atomic E-state index is 12.2. The normalized spacial score (nSPS) is 12.3. The smallest absolute Gasteiger partial charge is 0.307 e. The van der Waals surface area contributed by atoms with Crippen LogP contribution in [0.4, 0.5) is 0 Å². The number of unbranched alkanes of at least 4 members (excludes halogenated alkanes) is 26. The van der Waals surface area contributed by atoms with Crippen LogP contribution in [0.1, 0.15) is 200 Å². The highest BCUT2D eigenvalue weighted by Gasteiger charge is 2.14. The fourth-order valence-corrected chi connectivity index (χ4v) is 11.3. The molecule has 0 N–H and O–H groups in total. The van der Waals surface area contributed by atoms with Gasteiger partial charge < -0.3 is 9.64 Å². The fraction of sp³-hybridized carbons (Fsp3) is 0.975. The summed E-state index contributed by atoms with van der Waals surface area (Å²) in [4.78, 5) is 14.3. The molecule has 1 unspecified atom stereocenters. The monoisotopic (exact) mass is 736 g/mol. The van der Waals surface area contributed by atoms with Crippen LogP contribution in [0.25, 0.3) is 0 Å². The summed E-state index contributed by atoms with van der Waals surface area (Å²) >= 11 is 0. The molecule has 0 aromatic heterocycles. The summed E-state index contributed by atoms with van der Waals surface area (Å²) in [6.45, 7) is 5.90. The molecule has 282 valence electrons. The van der Waals surface area contributed by atoms with Crippen molar-refractivity contribution in [3.8, 4) is 0 Å². The summed E-state index contributed by atoms with van der Waals surface area (Å²) in [5.41, 5.74) is 0. The van der Waals surface area contributed by atoms with E-state index >= 15 is 0 Å². The number of carbonyl (C=O) groups excluding carboxylic acids is 1. The molecule has 0 rings (SSSR count). The molecule has 0 bridgehead atoms. The molecule has 0 aromatic carbocycles. The molecular weight excluding hydrogens is 655 g/mol. The third-order valence-electron chi connectivity index (χ3n) is 8.90. The second-order valence-corrected chi connectivity index (χ2v) is 19.5. The number of rotatable bonds is 40. The van der Waals surface area contributed by atoms with Gasteiger partial charge in [0.1, 0.15) is 6.61 Å². The Labute approximate surface area is 311 Å². The number of nitrogens with zero attached hydrogens (tertiary/aromatic N) is 1. The van der Waals surface area contributed by atoms with Crippen LogP contribution >= 0.6 is 43.2 Å². The van der Waals surface area contributed by atoms with E-state index in [0.29, 0.717) is 18.3 Å². The first kappa shape index (κ1) is 47.8. The van der Waals surface area contributed by atoms with Gasteiger partial charge in [-0.2, -0.15) is 0 Å². The predicted molar refractivity (Wildman–Crippen MR) is 224 cm³/mol. The number of hydrogen-bond donors (Lipinski definition) is 0.